The van der Waals surface area contributed by atoms with E-state index < -0.39 is 18.3 Å². The molecule has 1 aliphatic rings. The second kappa shape index (κ2) is 7.54. The summed E-state index contributed by atoms with van der Waals surface area (Å²) in [5, 5.41) is 20.9. The Morgan fingerprint density at radius 3 is 2.81 bits per heavy atom. The zero-order valence-corrected chi connectivity index (χ0v) is 14.1. The number of hydrogen-bond donors (Lipinski definition) is 2. The molecule has 3 rings (SSSR count). The minimum atomic E-state index is -1.28. The molecule has 2 aromatic rings. The van der Waals surface area contributed by atoms with E-state index in [0.717, 1.165) is 5.39 Å². The largest absolute Gasteiger partial charge is 0.465 e. The third-order valence-electron chi connectivity index (χ3n) is 4.70. The standard InChI is InChI=1S/C18H19FN4O3/c19-14-11-22(6-5-15(14)21-18(25)26)7-8-23-16-9-12(10-20)1-2-13(16)3-4-17(23)24/h1-4,9,14-15,21H,5-8,11H2,(H,25,26)/t14-,15-/m1/s1. The number of aromatic nitrogens is 1. The highest BCUT2D eigenvalue weighted by atomic mass is 19.1. The highest BCUT2D eigenvalue weighted by molar-refractivity contribution is 5.80. The lowest BCUT2D eigenvalue weighted by atomic mass is 10.0. The van der Waals surface area contributed by atoms with Crippen LogP contribution in [0.3, 0.4) is 0 Å². The van der Waals surface area contributed by atoms with Gasteiger partial charge in [0.15, 0.2) is 0 Å². The van der Waals surface area contributed by atoms with Crippen LogP contribution in [0.2, 0.25) is 0 Å². The van der Waals surface area contributed by atoms with Crippen LogP contribution in [0.1, 0.15) is 12.0 Å². The fourth-order valence-corrected chi connectivity index (χ4v) is 3.32. The van der Waals surface area contributed by atoms with Gasteiger partial charge in [0.1, 0.15) is 6.17 Å². The molecule has 2 heterocycles. The van der Waals surface area contributed by atoms with E-state index in [1.807, 2.05) is 4.90 Å². The number of rotatable bonds is 4. The Kier molecular flexibility index (Phi) is 5.19. The van der Waals surface area contributed by atoms with Gasteiger partial charge in [-0.2, -0.15) is 5.26 Å². The van der Waals surface area contributed by atoms with Crippen LogP contribution in [-0.2, 0) is 6.54 Å². The van der Waals surface area contributed by atoms with Crippen molar-refractivity contribution in [2.45, 2.75) is 25.2 Å². The maximum absolute atomic E-state index is 14.1. The molecule has 2 N–H and O–H groups in total. The monoisotopic (exact) mass is 358 g/mol. The highest BCUT2D eigenvalue weighted by Gasteiger charge is 2.30. The molecule has 1 saturated heterocycles. The molecule has 1 aromatic heterocycles. The topological polar surface area (TPSA) is 98.4 Å². The lowest BCUT2D eigenvalue weighted by Gasteiger charge is -2.34. The molecule has 0 unspecified atom stereocenters. The molecule has 1 aliphatic heterocycles. The molecule has 8 heteroatoms. The lowest BCUT2D eigenvalue weighted by molar-refractivity contribution is 0.0976. The van der Waals surface area contributed by atoms with Crippen molar-refractivity contribution in [1.29, 1.82) is 5.26 Å². The van der Waals surface area contributed by atoms with Gasteiger partial charge in [-0.3, -0.25) is 9.69 Å². The Bertz CT molecular complexity index is 921. The van der Waals surface area contributed by atoms with Gasteiger partial charge < -0.3 is 15.0 Å². The number of halogens is 1. The maximum atomic E-state index is 14.1. The molecular weight excluding hydrogens is 339 g/mol. The number of nitrogens with one attached hydrogen (secondary N) is 1. The second-order valence-corrected chi connectivity index (χ2v) is 6.37. The SMILES string of the molecule is N#Cc1ccc2ccc(=O)n(CCN3CC[C@@H](NC(=O)O)[C@H](F)C3)c2c1. The number of benzene rings is 1. The number of hydrogen-bond acceptors (Lipinski definition) is 4. The number of piperidine rings is 1. The summed E-state index contributed by atoms with van der Waals surface area (Å²) in [7, 11) is 0. The molecular formula is C18H19FN4O3. The zero-order valence-electron chi connectivity index (χ0n) is 14.1. The minimum Gasteiger partial charge on any atom is -0.465 e. The van der Waals surface area contributed by atoms with Crippen molar-refractivity contribution in [3.8, 4) is 6.07 Å². The van der Waals surface area contributed by atoms with E-state index in [1.165, 1.54) is 6.07 Å². The van der Waals surface area contributed by atoms with Crippen molar-refractivity contribution in [3.05, 3.63) is 46.2 Å². The number of likely N-dealkylation sites (tertiary alicyclic amines) is 1. The van der Waals surface area contributed by atoms with Crippen LogP contribution in [0.15, 0.2) is 35.1 Å². The Labute approximate surface area is 149 Å². The third-order valence-corrected chi connectivity index (χ3v) is 4.70. The average molecular weight is 358 g/mol. The van der Waals surface area contributed by atoms with Crippen LogP contribution >= 0.6 is 0 Å². The van der Waals surface area contributed by atoms with E-state index in [4.69, 9.17) is 10.4 Å². The van der Waals surface area contributed by atoms with Gasteiger partial charge in [0, 0.05) is 32.2 Å². The summed E-state index contributed by atoms with van der Waals surface area (Å²) in [4.78, 5) is 24.8. The Morgan fingerprint density at radius 1 is 1.35 bits per heavy atom. The van der Waals surface area contributed by atoms with Gasteiger partial charge in [-0.25, -0.2) is 9.18 Å². The van der Waals surface area contributed by atoms with Gasteiger partial charge in [0.05, 0.1) is 23.2 Å². The summed E-state index contributed by atoms with van der Waals surface area (Å²) in [6.07, 6.45) is -2.12. The van der Waals surface area contributed by atoms with Crippen LogP contribution < -0.4 is 10.9 Å². The number of nitrogens with zero attached hydrogens (tertiary/aromatic N) is 3. The van der Waals surface area contributed by atoms with Crippen molar-refractivity contribution in [2.24, 2.45) is 0 Å². The molecule has 1 fully saturated rings. The lowest BCUT2D eigenvalue weighted by Crippen LogP contribution is -2.52. The molecule has 1 aromatic carbocycles. The smallest absolute Gasteiger partial charge is 0.404 e. The Hall–Kier alpha value is -2.92. The molecule has 0 saturated carbocycles. The summed E-state index contributed by atoms with van der Waals surface area (Å²) >= 11 is 0. The molecule has 0 bridgehead atoms. The molecule has 2 atom stereocenters. The van der Waals surface area contributed by atoms with Gasteiger partial charge in [-0.15, -0.1) is 0 Å². The first-order valence-electron chi connectivity index (χ1n) is 8.37. The molecule has 26 heavy (non-hydrogen) atoms. The number of nitriles is 1. The van der Waals surface area contributed by atoms with E-state index in [-0.39, 0.29) is 12.1 Å². The predicted molar refractivity (Wildman–Crippen MR) is 93.8 cm³/mol. The van der Waals surface area contributed by atoms with E-state index in [9.17, 15) is 14.0 Å². The number of fused-ring (bicyclic) bond motifs is 1. The summed E-state index contributed by atoms with van der Waals surface area (Å²) < 4.78 is 15.7. The van der Waals surface area contributed by atoms with Crippen molar-refractivity contribution >= 4 is 17.0 Å². The van der Waals surface area contributed by atoms with E-state index in [2.05, 4.69) is 11.4 Å². The van der Waals surface area contributed by atoms with Crippen molar-refractivity contribution in [1.82, 2.24) is 14.8 Å². The fraction of sp³-hybridized carbons (Fsp3) is 0.389. The average Bonchev–Trinajstić information content (AvgIpc) is 2.62. The number of alkyl halides is 1. The van der Waals surface area contributed by atoms with Gasteiger partial charge in [-0.05, 0) is 30.0 Å². The van der Waals surface area contributed by atoms with E-state index >= 15 is 0 Å². The van der Waals surface area contributed by atoms with Gasteiger partial charge in [-0.1, -0.05) is 6.07 Å². The van der Waals surface area contributed by atoms with Crippen LogP contribution in [0.4, 0.5) is 9.18 Å². The van der Waals surface area contributed by atoms with Crippen LogP contribution in [0.25, 0.3) is 10.9 Å². The van der Waals surface area contributed by atoms with E-state index in [1.54, 1.807) is 28.8 Å². The maximum Gasteiger partial charge on any atom is 0.404 e. The van der Waals surface area contributed by atoms with Crippen molar-refractivity contribution in [3.63, 3.8) is 0 Å². The zero-order chi connectivity index (χ0) is 18.7. The van der Waals surface area contributed by atoms with Crippen molar-refractivity contribution < 1.29 is 14.3 Å². The first-order chi connectivity index (χ1) is 12.5. The number of pyridine rings is 1. The van der Waals surface area contributed by atoms with Gasteiger partial charge >= 0.3 is 6.09 Å². The van der Waals surface area contributed by atoms with Crippen LogP contribution in [-0.4, -0.2) is 52.5 Å². The summed E-state index contributed by atoms with van der Waals surface area (Å²) in [5.74, 6) is 0. The summed E-state index contributed by atoms with van der Waals surface area (Å²) in [5.41, 5.74) is 0.976. The minimum absolute atomic E-state index is 0.119. The quantitative estimate of drug-likeness (QED) is 0.864. The number of carboxylic acid groups (broad SMARTS) is 1. The number of amides is 1. The first-order valence-corrected chi connectivity index (χ1v) is 8.37. The van der Waals surface area contributed by atoms with Crippen LogP contribution in [0, 0.1) is 11.3 Å². The molecule has 0 radical (unpaired) electrons. The van der Waals surface area contributed by atoms with E-state index in [0.29, 0.717) is 37.1 Å². The second-order valence-electron chi connectivity index (χ2n) is 6.37. The van der Waals surface area contributed by atoms with Crippen molar-refractivity contribution in [2.75, 3.05) is 19.6 Å². The Morgan fingerprint density at radius 2 is 2.12 bits per heavy atom. The molecule has 0 aliphatic carbocycles. The van der Waals surface area contributed by atoms with Gasteiger partial charge in [0.2, 0.25) is 0 Å². The normalized spacial score (nSPS) is 20.6. The predicted octanol–water partition coefficient (Wildman–Crippen LogP) is 1.55. The first kappa shape index (κ1) is 17.9. The Balaban J connectivity index is 1.72. The fourth-order valence-electron chi connectivity index (χ4n) is 3.32. The molecule has 0 spiro atoms. The highest BCUT2D eigenvalue weighted by Crippen LogP contribution is 2.16. The van der Waals surface area contributed by atoms with Crippen LogP contribution in [0.5, 0.6) is 0 Å². The third kappa shape index (κ3) is 3.83. The van der Waals surface area contributed by atoms with Gasteiger partial charge in [0.25, 0.3) is 5.56 Å². The molecule has 1 amide bonds. The number of carbonyl (C=O) groups is 1. The summed E-state index contributed by atoms with van der Waals surface area (Å²) in [6, 6.07) is 9.75. The molecule has 7 nitrogen and oxygen atoms in total. The molecule has 136 valence electrons. The summed E-state index contributed by atoms with van der Waals surface area (Å²) in [6.45, 7) is 1.51.